The number of hydrogen-bond acceptors (Lipinski definition) is 3. The van der Waals surface area contributed by atoms with E-state index in [2.05, 4.69) is 27.4 Å². The molecular formula is C13H26O3Si. The lowest BCUT2D eigenvalue weighted by Crippen LogP contribution is -2.51. The van der Waals surface area contributed by atoms with Gasteiger partial charge in [0.15, 0.2) is 0 Å². The van der Waals surface area contributed by atoms with Crippen molar-refractivity contribution in [2.75, 3.05) is 6.61 Å². The van der Waals surface area contributed by atoms with E-state index in [-0.39, 0.29) is 11.7 Å². The average Bonchev–Trinajstić information content (AvgIpc) is 2.35. The molecule has 4 heteroatoms. The SMILES string of the molecule is C=CC(=O)OC(CCC)[Si](CC)(CC)OCC. The van der Waals surface area contributed by atoms with E-state index in [1.807, 2.05) is 6.92 Å². The molecule has 0 amide bonds. The summed E-state index contributed by atoms with van der Waals surface area (Å²) in [4.78, 5) is 11.4. The van der Waals surface area contributed by atoms with E-state index < -0.39 is 8.32 Å². The van der Waals surface area contributed by atoms with Crippen LogP contribution in [0.2, 0.25) is 12.1 Å². The maximum atomic E-state index is 11.4. The number of carbonyl (C=O) groups excluding carboxylic acids is 1. The van der Waals surface area contributed by atoms with Crippen LogP contribution in [0.4, 0.5) is 0 Å². The van der Waals surface area contributed by atoms with Crippen molar-refractivity contribution in [1.82, 2.24) is 0 Å². The van der Waals surface area contributed by atoms with Crippen LogP contribution in [0, 0.1) is 0 Å². The van der Waals surface area contributed by atoms with Crippen molar-refractivity contribution in [3.05, 3.63) is 12.7 Å². The lowest BCUT2D eigenvalue weighted by atomic mass is 10.3. The zero-order chi connectivity index (χ0) is 13.3. The molecule has 0 aromatic rings. The van der Waals surface area contributed by atoms with Crippen molar-refractivity contribution >= 4 is 14.3 Å². The van der Waals surface area contributed by atoms with Gasteiger partial charge >= 0.3 is 5.97 Å². The summed E-state index contributed by atoms with van der Waals surface area (Å²) < 4.78 is 11.5. The second-order valence-electron chi connectivity index (χ2n) is 4.12. The fourth-order valence-corrected chi connectivity index (χ4v) is 5.90. The largest absolute Gasteiger partial charge is 0.460 e. The van der Waals surface area contributed by atoms with E-state index >= 15 is 0 Å². The van der Waals surface area contributed by atoms with Crippen LogP contribution in [0.25, 0.3) is 0 Å². The normalized spacial score (nSPS) is 13.2. The Morgan fingerprint density at radius 1 is 1.29 bits per heavy atom. The summed E-state index contributed by atoms with van der Waals surface area (Å²) >= 11 is 0. The minimum atomic E-state index is -1.96. The molecule has 0 heterocycles. The zero-order valence-electron chi connectivity index (χ0n) is 11.6. The summed E-state index contributed by atoms with van der Waals surface area (Å²) in [6.45, 7) is 12.5. The molecule has 0 rings (SSSR count). The molecule has 1 atom stereocenters. The lowest BCUT2D eigenvalue weighted by molar-refractivity contribution is -0.140. The third-order valence-corrected chi connectivity index (χ3v) is 8.03. The second-order valence-corrected chi connectivity index (χ2v) is 8.60. The molecule has 0 aromatic carbocycles. The van der Waals surface area contributed by atoms with Crippen molar-refractivity contribution in [2.45, 2.75) is 58.4 Å². The predicted molar refractivity (Wildman–Crippen MR) is 73.3 cm³/mol. The Labute approximate surface area is 106 Å². The Kier molecular flexibility index (Phi) is 8.17. The third kappa shape index (κ3) is 4.64. The molecule has 100 valence electrons. The minimum absolute atomic E-state index is 0.0482. The quantitative estimate of drug-likeness (QED) is 0.361. The molecule has 0 aliphatic heterocycles. The van der Waals surface area contributed by atoms with Gasteiger partial charge in [0.1, 0.15) is 5.73 Å². The van der Waals surface area contributed by atoms with Gasteiger partial charge in [0.2, 0.25) is 8.32 Å². The highest BCUT2D eigenvalue weighted by molar-refractivity contribution is 6.75. The first-order valence-corrected chi connectivity index (χ1v) is 8.97. The Morgan fingerprint density at radius 2 is 1.88 bits per heavy atom. The Balaban J connectivity index is 4.92. The standard InChI is InChI=1S/C13H26O3Si/c1-6-11-13(16-12(14)7-2)17(9-4,10-5)15-8-3/h7,13H,2,6,8-11H2,1,3-5H3. The van der Waals surface area contributed by atoms with Crippen molar-refractivity contribution in [3.63, 3.8) is 0 Å². The molecule has 0 fully saturated rings. The molecule has 0 saturated heterocycles. The second kappa shape index (κ2) is 8.47. The number of hydrogen-bond donors (Lipinski definition) is 0. The van der Waals surface area contributed by atoms with E-state index in [9.17, 15) is 4.79 Å². The first-order chi connectivity index (χ1) is 8.10. The highest BCUT2D eigenvalue weighted by atomic mass is 28.4. The van der Waals surface area contributed by atoms with Gasteiger partial charge in [0.25, 0.3) is 0 Å². The van der Waals surface area contributed by atoms with Gasteiger partial charge in [0, 0.05) is 12.7 Å². The zero-order valence-corrected chi connectivity index (χ0v) is 12.6. The minimum Gasteiger partial charge on any atom is -0.460 e. The Morgan fingerprint density at radius 3 is 2.24 bits per heavy atom. The molecule has 0 radical (unpaired) electrons. The smallest absolute Gasteiger partial charge is 0.330 e. The topological polar surface area (TPSA) is 35.5 Å². The first kappa shape index (κ1) is 16.4. The van der Waals surface area contributed by atoms with Crippen molar-refractivity contribution in [3.8, 4) is 0 Å². The molecule has 0 aliphatic carbocycles. The van der Waals surface area contributed by atoms with E-state index in [1.165, 1.54) is 6.08 Å². The van der Waals surface area contributed by atoms with Crippen LogP contribution < -0.4 is 0 Å². The van der Waals surface area contributed by atoms with Crippen LogP contribution in [-0.4, -0.2) is 26.6 Å². The fraction of sp³-hybridized carbons (Fsp3) is 0.769. The highest BCUT2D eigenvalue weighted by Crippen LogP contribution is 2.26. The molecule has 0 bridgehead atoms. The number of carbonyl (C=O) groups is 1. The summed E-state index contributed by atoms with van der Waals surface area (Å²) in [6.07, 6.45) is 3.11. The number of esters is 1. The van der Waals surface area contributed by atoms with Crippen LogP contribution in [-0.2, 0) is 14.0 Å². The predicted octanol–water partition coefficient (Wildman–Crippen LogP) is 3.45. The third-order valence-electron chi connectivity index (χ3n) is 3.19. The van der Waals surface area contributed by atoms with Crippen molar-refractivity contribution < 1.29 is 14.0 Å². The van der Waals surface area contributed by atoms with Crippen LogP contribution in [0.3, 0.4) is 0 Å². The highest BCUT2D eigenvalue weighted by Gasteiger charge is 2.42. The van der Waals surface area contributed by atoms with Crippen molar-refractivity contribution in [1.29, 1.82) is 0 Å². The van der Waals surface area contributed by atoms with E-state index in [0.29, 0.717) is 6.61 Å². The van der Waals surface area contributed by atoms with E-state index in [4.69, 9.17) is 9.16 Å². The van der Waals surface area contributed by atoms with Gasteiger partial charge in [-0.2, -0.15) is 0 Å². The molecule has 0 spiro atoms. The molecule has 1 unspecified atom stereocenters. The van der Waals surface area contributed by atoms with Gasteiger partial charge < -0.3 is 9.16 Å². The van der Waals surface area contributed by atoms with Gasteiger partial charge in [-0.25, -0.2) is 4.79 Å². The average molecular weight is 258 g/mol. The van der Waals surface area contributed by atoms with Crippen molar-refractivity contribution in [2.24, 2.45) is 0 Å². The summed E-state index contributed by atoms with van der Waals surface area (Å²) in [5, 5.41) is 0. The molecule has 3 nitrogen and oxygen atoms in total. The molecular weight excluding hydrogens is 232 g/mol. The van der Waals surface area contributed by atoms with Crippen LogP contribution >= 0.6 is 0 Å². The summed E-state index contributed by atoms with van der Waals surface area (Å²) in [6, 6.07) is 1.96. The molecule has 17 heavy (non-hydrogen) atoms. The van der Waals surface area contributed by atoms with Gasteiger partial charge in [-0.05, 0) is 25.4 Å². The van der Waals surface area contributed by atoms with Gasteiger partial charge in [-0.1, -0.05) is 33.8 Å². The molecule has 0 saturated carbocycles. The summed E-state index contributed by atoms with van der Waals surface area (Å²) in [7, 11) is -1.96. The first-order valence-electron chi connectivity index (χ1n) is 6.57. The molecule has 0 aliphatic rings. The Bertz CT molecular complexity index is 237. The van der Waals surface area contributed by atoms with Gasteiger partial charge in [-0.15, -0.1) is 0 Å². The molecule has 0 N–H and O–H groups in total. The molecule has 0 aromatic heterocycles. The van der Waals surface area contributed by atoms with Crippen LogP contribution in [0.15, 0.2) is 12.7 Å². The number of rotatable bonds is 9. The maximum absolute atomic E-state index is 11.4. The summed E-state index contributed by atoms with van der Waals surface area (Å²) in [5.74, 6) is -0.332. The summed E-state index contributed by atoms with van der Waals surface area (Å²) in [5.41, 5.74) is -0.0482. The Hall–Kier alpha value is -0.613. The fourth-order valence-electron chi connectivity index (χ4n) is 2.17. The number of ether oxygens (including phenoxy) is 1. The van der Waals surface area contributed by atoms with E-state index in [1.54, 1.807) is 0 Å². The van der Waals surface area contributed by atoms with Crippen LogP contribution in [0.1, 0.15) is 40.5 Å². The van der Waals surface area contributed by atoms with Gasteiger partial charge in [0.05, 0.1) is 0 Å². The van der Waals surface area contributed by atoms with Crippen LogP contribution in [0.5, 0.6) is 0 Å². The monoisotopic (exact) mass is 258 g/mol. The van der Waals surface area contributed by atoms with E-state index in [0.717, 1.165) is 24.9 Å². The van der Waals surface area contributed by atoms with Gasteiger partial charge in [-0.3, -0.25) is 0 Å². The lowest BCUT2D eigenvalue weighted by Gasteiger charge is -2.36. The maximum Gasteiger partial charge on any atom is 0.330 e.